The quantitative estimate of drug-likeness (QED) is 0.177. The van der Waals surface area contributed by atoms with Crippen molar-refractivity contribution in [1.82, 2.24) is 24.1 Å². The van der Waals surface area contributed by atoms with Crippen LogP contribution in [0.3, 0.4) is 0 Å². The number of furan rings is 1. The largest absolute Gasteiger partial charge is 0.456 e. The fourth-order valence-electron chi connectivity index (χ4n) is 8.62. The highest BCUT2D eigenvalue weighted by Crippen LogP contribution is 2.44. The molecule has 0 aliphatic rings. The number of fused-ring (bicyclic) bond motifs is 10. The van der Waals surface area contributed by atoms with Crippen molar-refractivity contribution in [3.05, 3.63) is 188 Å². The van der Waals surface area contributed by atoms with Gasteiger partial charge in [0.05, 0.1) is 22.1 Å². The Balaban J connectivity index is 1.18. The molecule has 57 heavy (non-hydrogen) atoms. The molecule has 4 aromatic heterocycles. The molecule has 6 nitrogen and oxygen atoms in total. The molecule has 0 atom stereocenters. The summed E-state index contributed by atoms with van der Waals surface area (Å²) >= 11 is 0. The second kappa shape index (κ2) is 12.3. The lowest BCUT2D eigenvalue weighted by molar-refractivity contribution is 0.669. The van der Waals surface area contributed by atoms with Crippen molar-refractivity contribution >= 4 is 65.6 Å². The minimum absolute atomic E-state index is 0.607. The maximum absolute atomic E-state index is 6.53. The van der Waals surface area contributed by atoms with Crippen molar-refractivity contribution in [2.45, 2.75) is 0 Å². The second-order valence-electron chi connectivity index (χ2n) is 14.4. The summed E-state index contributed by atoms with van der Waals surface area (Å²) in [6, 6.07) is 65.5. The molecule has 0 aliphatic heterocycles. The highest BCUT2D eigenvalue weighted by atomic mass is 16.3. The third-order valence-electron chi connectivity index (χ3n) is 11.1. The Morgan fingerprint density at radius 3 is 1.67 bits per heavy atom. The van der Waals surface area contributed by atoms with Crippen LogP contribution in [0.5, 0.6) is 0 Å². The molecule has 6 heteroatoms. The molecule has 0 fully saturated rings. The van der Waals surface area contributed by atoms with Gasteiger partial charge in [0, 0.05) is 66.4 Å². The number of benzene rings is 8. The molecule has 0 saturated heterocycles. The van der Waals surface area contributed by atoms with Gasteiger partial charge in [0.25, 0.3) is 0 Å². The van der Waals surface area contributed by atoms with Crippen LogP contribution < -0.4 is 0 Å². The molecule has 0 spiro atoms. The Morgan fingerprint density at radius 1 is 0.333 bits per heavy atom. The lowest BCUT2D eigenvalue weighted by Gasteiger charge is -2.12. The van der Waals surface area contributed by atoms with Gasteiger partial charge in [-0.25, -0.2) is 15.0 Å². The van der Waals surface area contributed by atoms with Gasteiger partial charge in [0.15, 0.2) is 17.5 Å². The monoisotopic (exact) mass is 729 g/mol. The van der Waals surface area contributed by atoms with Crippen LogP contribution in [0.25, 0.3) is 111 Å². The predicted molar refractivity (Wildman–Crippen MR) is 232 cm³/mol. The summed E-state index contributed by atoms with van der Waals surface area (Å²) < 4.78 is 11.3. The summed E-state index contributed by atoms with van der Waals surface area (Å²) in [5, 5.41) is 6.92. The zero-order valence-corrected chi connectivity index (χ0v) is 30.5. The zero-order chi connectivity index (χ0) is 37.5. The molecule has 0 N–H and O–H groups in total. The van der Waals surface area contributed by atoms with Gasteiger partial charge in [-0.1, -0.05) is 133 Å². The van der Waals surface area contributed by atoms with Gasteiger partial charge in [-0.3, -0.25) is 0 Å². The molecule has 0 unspecified atom stereocenters. The van der Waals surface area contributed by atoms with E-state index in [1.807, 2.05) is 72.8 Å². The van der Waals surface area contributed by atoms with Crippen molar-refractivity contribution in [2.24, 2.45) is 0 Å². The van der Waals surface area contributed by atoms with Gasteiger partial charge in [-0.15, -0.1) is 0 Å². The predicted octanol–water partition coefficient (Wildman–Crippen LogP) is 13.0. The highest BCUT2D eigenvalue weighted by molar-refractivity contribution is 6.27. The third kappa shape index (κ3) is 4.87. The molecule has 0 amide bonds. The van der Waals surface area contributed by atoms with E-state index in [1.165, 1.54) is 16.2 Å². The Morgan fingerprint density at radius 2 is 0.930 bits per heavy atom. The first-order valence-electron chi connectivity index (χ1n) is 19.1. The van der Waals surface area contributed by atoms with Crippen molar-refractivity contribution in [2.75, 3.05) is 0 Å². The summed E-state index contributed by atoms with van der Waals surface area (Å²) in [6.45, 7) is 0. The van der Waals surface area contributed by atoms with Crippen LogP contribution in [-0.2, 0) is 0 Å². The Hall–Kier alpha value is -7.83. The topological polar surface area (TPSA) is 61.7 Å². The zero-order valence-electron chi connectivity index (χ0n) is 30.5. The summed E-state index contributed by atoms with van der Waals surface area (Å²) in [4.78, 5) is 15.1. The number of para-hydroxylation sites is 3. The first-order valence-corrected chi connectivity index (χ1v) is 19.1. The van der Waals surface area contributed by atoms with Gasteiger partial charge >= 0.3 is 0 Å². The number of rotatable bonds is 5. The molecule has 0 saturated carbocycles. The SMILES string of the molecule is c1ccc(-c2nc(-c3ccccc3)nc(-c3cccc(-n4c5cc6oc7ccccc7c6cc5c5ccc6c(c7ccccc7n6-c6ccccc6)c54)c3)n2)cc1. The van der Waals surface area contributed by atoms with Gasteiger partial charge in [-0.05, 0) is 48.5 Å². The molecule has 0 aliphatic carbocycles. The van der Waals surface area contributed by atoms with E-state index in [9.17, 15) is 0 Å². The Bertz CT molecular complexity index is 3450. The molecular formula is C51H31N5O. The van der Waals surface area contributed by atoms with Crippen molar-refractivity contribution in [3.63, 3.8) is 0 Å². The first-order chi connectivity index (χ1) is 28.3. The number of aromatic nitrogens is 5. The molecule has 266 valence electrons. The standard InChI is InChI=1S/C51H31N5O/c1-4-15-32(16-5-1)49-52-50(33-17-6-2-7-18-33)54-51(53-49)34-19-14-22-36(29-34)56-44-31-46-41(37-23-11-13-26-45(37)57-46)30-40(44)38-27-28-43-47(48(38)56)39-24-10-12-25-42(39)55(43)35-20-8-3-9-21-35/h1-31H. The van der Waals surface area contributed by atoms with E-state index in [1.54, 1.807) is 0 Å². The third-order valence-corrected chi connectivity index (χ3v) is 11.1. The Labute approximate surface area is 326 Å². The van der Waals surface area contributed by atoms with E-state index < -0.39 is 0 Å². The molecule has 0 bridgehead atoms. The van der Waals surface area contributed by atoms with Gasteiger partial charge < -0.3 is 13.6 Å². The van der Waals surface area contributed by atoms with Gasteiger partial charge in [0.1, 0.15) is 11.2 Å². The minimum Gasteiger partial charge on any atom is -0.456 e. The average Bonchev–Trinajstić information content (AvgIpc) is 3.93. The van der Waals surface area contributed by atoms with Crippen molar-refractivity contribution < 1.29 is 4.42 Å². The van der Waals surface area contributed by atoms with Crippen LogP contribution >= 0.6 is 0 Å². The summed E-state index contributed by atoms with van der Waals surface area (Å²) in [7, 11) is 0. The maximum atomic E-state index is 6.53. The smallest absolute Gasteiger partial charge is 0.164 e. The van der Waals surface area contributed by atoms with Crippen molar-refractivity contribution in [1.29, 1.82) is 0 Å². The van der Waals surface area contributed by atoms with Crippen LogP contribution in [0, 0.1) is 0 Å². The second-order valence-corrected chi connectivity index (χ2v) is 14.4. The maximum Gasteiger partial charge on any atom is 0.164 e. The van der Waals surface area contributed by atoms with E-state index in [2.05, 4.69) is 124 Å². The van der Waals surface area contributed by atoms with E-state index in [4.69, 9.17) is 19.4 Å². The minimum atomic E-state index is 0.607. The molecule has 0 radical (unpaired) electrons. The molecule has 12 rings (SSSR count). The highest BCUT2D eigenvalue weighted by Gasteiger charge is 2.23. The van der Waals surface area contributed by atoms with Crippen LogP contribution in [0.1, 0.15) is 0 Å². The van der Waals surface area contributed by atoms with E-state index in [0.29, 0.717) is 17.5 Å². The lowest BCUT2D eigenvalue weighted by atomic mass is 10.1. The van der Waals surface area contributed by atoms with Crippen LogP contribution in [-0.4, -0.2) is 24.1 Å². The first kappa shape index (κ1) is 31.5. The fraction of sp³-hybridized carbons (Fsp3) is 0. The number of hydrogen-bond donors (Lipinski definition) is 0. The summed E-state index contributed by atoms with van der Waals surface area (Å²) in [6.07, 6.45) is 0. The number of nitrogens with zero attached hydrogens (tertiary/aromatic N) is 5. The number of hydrogen-bond acceptors (Lipinski definition) is 4. The average molecular weight is 730 g/mol. The lowest BCUT2D eigenvalue weighted by Crippen LogP contribution is -2.01. The molecule has 8 aromatic carbocycles. The van der Waals surface area contributed by atoms with Crippen LogP contribution in [0.4, 0.5) is 0 Å². The molecular weight excluding hydrogens is 699 g/mol. The van der Waals surface area contributed by atoms with Gasteiger partial charge in [-0.2, -0.15) is 0 Å². The van der Waals surface area contributed by atoms with Gasteiger partial charge in [0.2, 0.25) is 0 Å². The summed E-state index contributed by atoms with van der Waals surface area (Å²) in [5.41, 5.74) is 11.1. The molecule has 12 aromatic rings. The summed E-state index contributed by atoms with van der Waals surface area (Å²) in [5.74, 6) is 1.87. The normalized spacial score (nSPS) is 11.9. The fourth-order valence-corrected chi connectivity index (χ4v) is 8.62. The molecule has 4 heterocycles. The van der Waals surface area contributed by atoms with Crippen molar-refractivity contribution in [3.8, 4) is 45.5 Å². The van der Waals surface area contributed by atoms with E-state index in [0.717, 1.165) is 77.5 Å². The van der Waals surface area contributed by atoms with Crippen LogP contribution in [0.15, 0.2) is 192 Å². The van der Waals surface area contributed by atoms with E-state index >= 15 is 0 Å². The van der Waals surface area contributed by atoms with Crippen LogP contribution in [0.2, 0.25) is 0 Å². The Kier molecular flexibility index (Phi) is 6.83. The van der Waals surface area contributed by atoms with E-state index in [-0.39, 0.29) is 0 Å².